The van der Waals surface area contributed by atoms with Crippen LogP contribution in [0.2, 0.25) is 0 Å². The number of nitrogens with zero attached hydrogens (tertiary/aromatic N) is 4. The predicted octanol–water partition coefficient (Wildman–Crippen LogP) is 5.97. The van der Waals surface area contributed by atoms with Gasteiger partial charge in [-0.1, -0.05) is 0 Å². The number of hydrogen-bond donors (Lipinski definition) is 2. The van der Waals surface area contributed by atoms with Gasteiger partial charge in [0.1, 0.15) is 5.75 Å². The van der Waals surface area contributed by atoms with E-state index < -0.39 is 11.8 Å². The molecule has 36 heavy (non-hydrogen) atoms. The Morgan fingerprint density at radius 1 is 1.03 bits per heavy atom. The molecule has 0 radical (unpaired) electrons. The lowest BCUT2D eigenvalue weighted by Crippen LogP contribution is -2.21. The van der Waals surface area contributed by atoms with Gasteiger partial charge in [0.25, 0.3) is 0 Å². The molecule has 2 aromatic heterocycles. The highest BCUT2D eigenvalue weighted by Gasteiger charge is 2.15. The summed E-state index contributed by atoms with van der Waals surface area (Å²) in [4.78, 5) is 19.2. The van der Waals surface area contributed by atoms with Gasteiger partial charge in [0.05, 0.1) is 11.9 Å². The third kappa shape index (κ3) is 5.46. The highest BCUT2D eigenvalue weighted by atomic mass is 19.1. The maximum absolute atomic E-state index is 14.8. The smallest absolute Gasteiger partial charge is 0.323 e. The number of carbonyl (C=O) groups is 1. The van der Waals surface area contributed by atoms with Crippen LogP contribution in [0.1, 0.15) is 18.4 Å². The third-order valence-corrected chi connectivity index (χ3v) is 5.94. The highest BCUT2D eigenvalue weighted by Crippen LogP contribution is 2.29. The molecule has 3 heterocycles. The second kappa shape index (κ2) is 10.1. The molecule has 0 atom stereocenters. The molecule has 0 saturated carbocycles. The molecule has 2 aromatic carbocycles. The quantitative estimate of drug-likeness (QED) is 0.351. The Balaban J connectivity index is 1.24. The molecule has 8 nitrogen and oxygen atoms in total. The predicted molar refractivity (Wildman–Crippen MR) is 138 cm³/mol. The van der Waals surface area contributed by atoms with E-state index in [0.29, 0.717) is 22.8 Å². The molecule has 2 amide bonds. The Kier molecular flexibility index (Phi) is 6.53. The van der Waals surface area contributed by atoms with Crippen molar-refractivity contribution >= 4 is 23.1 Å². The number of pyridine rings is 1. The first-order valence-corrected chi connectivity index (χ1v) is 11.8. The number of hydrogen-bond acceptors (Lipinski definition) is 5. The Morgan fingerprint density at radius 3 is 2.58 bits per heavy atom. The summed E-state index contributed by atoms with van der Waals surface area (Å²) in [7, 11) is 1.82. The van der Waals surface area contributed by atoms with Crippen LogP contribution in [0.5, 0.6) is 11.5 Å². The lowest BCUT2D eigenvalue weighted by Gasteiger charge is -2.19. The summed E-state index contributed by atoms with van der Waals surface area (Å²) in [6.45, 7) is 4.04. The Hall–Kier alpha value is -4.40. The normalized spacial score (nSPS) is 13.0. The Morgan fingerprint density at radius 2 is 1.83 bits per heavy atom. The fraction of sp³-hybridized carbons (Fsp3) is 0.222. The molecule has 1 saturated heterocycles. The van der Waals surface area contributed by atoms with Crippen molar-refractivity contribution in [1.29, 1.82) is 0 Å². The lowest BCUT2D eigenvalue weighted by molar-refractivity contribution is 0.262. The van der Waals surface area contributed by atoms with E-state index in [9.17, 15) is 9.18 Å². The van der Waals surface area contributed by atoms with Crippen molar-refractivity contribution in [3.63, 3.8) is 0 Å². The van der Waals surface area contributed by atoms with E-state index in [1.807, 2.05) is 32.3 Å². The van der Waals surface area contributed by atoms with Gasteiger partial charge >= 0.3 is 6.03 Å². The van der Waals surface area contributed by atoms with Crippen LogP contribution in [0, 0.1) is 12.7 Å². The molecule has 184 valence electrons. The average molecular weight is 487 g/mol. The first-order valence-electron chi connectivity index (χ1n) is 11.8. The first-order chi connectivity index (χ1) is 17.4. The first kappa shape index (κ1) is 23.3. The van der Waals surface area contributed by atoms with Crippen molar-refractivity contribution in [3.8, 4) is 22.8 Å². The molecule has 1 fully saturated rings. The molecule has 0 spiro atoms. The van der Waals surface area contributed by atoms with Gasteiger partial charge in [0.15, 0.2) is 11.6 Å². The number of halogens is 1. The molecule has 1 aliphatic heterocycles. The second-order valence-electron chi connectivity index (χ2n) is 8.86. The van der Waals surface area contributed by atoms with Crippen LogP contribution in [-0.2, 0) is 7.05 Å². The van der Waals surface area contributed by atoms with Gasteiger partial charge in [-0.2, -0.15) is 5.10 Å². The van der Waals surface area contributed by atoms with Crippen molar-refractivity contribution < 1.29 is 13.9 Å². The average Bonchev–Trinajstić information content (AvgIpc) is 3.53. The fourth-order valence-corrected chi connectivity index (χ4v) is 4.26. The largest absolute Gasteiger partial charge is 0.454 e. The summed E-state index contributed by atoms with van der Waals surface area (Å²) in [6.07, 6.45) is 7.48. The Bertz CT molecular complexity index is 1400. The molecule has 4 aromatic rings. The van der Waals surface area contributed by atoms with Crippen molar-refractivity contribution in [2.24, 2.45) is 7.05 Å². The number of nitrogens with one attached hydrogen (secondary N) is 2. The minimum absolute atomic E-state index is 0.0400. The molecule has 0 aliphatic carbocycles. The van der Waals surface area contributed by atoms with Gasteiger partial charge in [0, 0.05) is 67.3 Å². The van der Waals surface area contributed by atoms with Crippen LogP contribution >= 0.6 is 0 Å². The van der Waals surface area contributed by atoms with Gasteiger partial charge in [-0.25, -0.2) is 9.18 Å². The number of aryl methyl sites for hydroxylation is 2. The summed E-state index contributed by atoms with van der Waals surface area (Å²) >= 11 is 0. The molecular formula is C27H27FN6O2. The zero-order valence-electron chi connectivity index (χ0n) is 20.2. The van der Waals surface area contributed by atoms with Gasteiger partial charge in [0.2, 0.25) is 0 Å². The minimum Gasteiger partial charge on any atom is -0.454 e. The van der Waals surface area contributed by atoms with Crippen molar-refractivity contribution in [2.45, 2.75) is 19.8 Å². The topological polar surface area (TPSA) is 84.3 Å². The molecule has 1 aliphatic rings. The monoisotopic (exact) mass is 486 g/mol. The van der Waals surface area contributed by atoms with E-state index in [1.54, 1.807) is 35.3 Å². The van der Waals surface area contributed by atoms with E-state index in [0.717, 1.165) is 29.9 Å². The number of aromatic nitrogens is 3. The van der Waals surface area contributed by atoms with E-state index in [1.165, 1.54) is 25.0 Å². The zero-order chi connectivity index (χ0) is 25.1. The molecular weight excluding hydrogens is 459 g/mol. The number of amides is 2. The summed E-state index contributed by atoms with van der Waals surface area (Å²) in [5.41, 5.74) is 4.66. The number of ether oxygens (including phenoxy) is 1. The van der Waals surface area contributed by atoms with Crippen LogP contribution in [-0.4, -0.2) is 33.9 Å². The van der Waals surface area contributed by atoms with Gasteiger partial charge in [-0.05, 0) is 61.7 Å². The summed E-state index contributed by atoms with van der Waals surface area (Å²) in [5, 5.41) is 9.67. The molecule has 0 bridgehead atoms. The molecule has 5 rings (SSSR count). The highest BCUT2D eigenvalue weighted by molar-refractivity contribution is 6.00. The number of benzene rings is 2. The fourth-order valence-electron chi connectivity index (χ4n) is 4.26. The summed E-state index contributed by atoms with van der Waals surface area (Å²) in [5.74, 6) is -0.118. The summed E-state index contributed by atoms with van der Waals surface area (Å²) in [6, 6.07) is 13.2. The standard InChI is InChI=1S/C27H27FN6O2/c1-18-11-21(13-22(12-18)34-9-3-4-10-34)32-27(35)31-20-5-6-26(24(28)14-20)36-23-7-8-29-25(15-23)19-16-30-33(2)17-19/h5-8,11-17H,3-4,9-10H2,1-2H3,(H2,31,32,35). The number of urea groups is 1. The van der Waals surface area contributed by atoms with Crippen LogP contribution in [0.15, 0.2) is 67.1 Å². The third-order valence-electron chi connectivity index (χ3n) is 5.94. The summed E-state index contributed by atoms with van der Waals surface area (Å²) < 4.78 is 22.2. The molecule has 9 heteroatoms. The maximum Gasteiger partial charge on any atom is 0.323 e. The lowest BCUT2D eigenvalue weighted by atomic mass is 10.2. The van der Waals surface area contributed by atoms with Gasteiger partial charge in [-0.15, -0.1) is 0 Å². The maximum atomic E-state index is 14.8. The minimum atomic E-state index is -0.598. The van der Waals surface area contributed by atoms with E-state index in [2.05, 4.69) is 31.7 Å². The van der Waals surface area contributed by atoms with Crippen LogP contribution in [0.25, 0.3) is 11.3 Å². The number of anilines is 3. The van der Waals surface area contributed by atoms with Crippen LogP contribution in [0.4, 0.5) is 26.2 Å². The Labute approximate surface area is 208 Å². The van der Waals surface area contributed by atoms with E-state index in [4.69, 9.17) is 4.74 Å². The molecule has 0 unspecified atom stereocenters. The van der Waals surface area contributed by atoms with Crippen molar-refractivity contribution in [3.05, 3.63) is 78.5 Å². The van der Waals surface area contributed by atoms with Crippen LogP contribution in [0.3, 0.4) is 0 Å². The van der Waals surface area contributed by atoms with Crippen LogP contribution < -0.4 is 20.3 Å². The number of carbonyl (C=O) groups excluding carboxylic acids is 1. The van der Waals surface area contributed by atoms with Crippen molar-refractivity contribution in [1.82, 2.24) is 14.8 Å². The number of rotatable bonds is 6. The van der Waals surface area contributed by atoms with E-state index >= 15 is 0 Å². The second-order valence-corrected chi connectivity index (χ2v) is 8.86. The van der Waals surface area contributed by atoms with Gasteiger partial charge < -0.3 is 20.3 Å². The van der Waals surface area contributed by atoms with Gasteiger partial charge in [-0.3, -0.25) is 9.67 Å². The molecule has 2 N–H and O–H groups in total. The van der Waals surface area contributed by atoms with Crippen molar-refractivity contribution in [2.75, 3.05) is 28.6 Å². The van der Waals surface area contributed by atoms with E-state index in [-0.39, 0.29) is 5.75 Å². The SMILES string of the molecule is Cc1cc(NC(=O)Nc2ccc(Oc3ccnc(-c4cnn(C)c4)c3)c(F)c2)cc(N2CCCC2)c1. The zero-order valence-corrected chi connectivity index (χ0v) is 20.2.